The van der Waals surface area contributed by atoms with E-state index in [1.54, 1.807) is 0 Å². The van der Waals surface area contributed by atoms with Crippen LogP contribution in [0.3, 0.4) is 0 Å². The third-order valence-electron chi connectivity index (χ3n) is 3.22. The quantitative estimate of drug-likeness (QED) is 0.425. The molecule has 0 unspecified atom stereocenters. The average molecular weight is 329 g/mol. The predicted molar refractivity (Wildman–Crippen MR) is 60.3 cm³/mol. The fraction of sp³-hybridized carbons (Fsp3) is 0.909. The maximum Gasteiger partial charge on any atom is 0.427 e. The van der Waals surface area contributed by atoms with Gasteiger partial charge in [0.1, 0.15) is 5.60 Å². The first-order chi connectivity index (χ1) is 8.38. The Kier molecular flexibility index (Phi) is 4.80. The molecule has 120 valence electrons. The summed E-state index contributed by atoms with van der Waals surface area (Å²) in [6.07, 6.45) is -12.1. The monoisotopic (exact) mass is 328 g/mol. The Morgan fingerprint density at radius 1 is 0.850 bits per heavy atom. The molecule has 0 saturated heterocycles. The molecule has 0 saturated carbocycles. The molecule has 0 N–H and O–H groups in total. The van der Waals surface area contributed by atoms with E-state index < -0.39 is 34.2 Å². The van der Waals surface area contributed by atoms with E-state index in [-0.39, 0.29) is 0 Å². The van der Waals surface area contributed by atoms with Gasteiger partial charge in [-0.15, -0.1) is 0 Å². The van der Waals surface area contributed by atoms with E-state index in [9.17, 15) is 31.1 Å². The van der Waals surface area contributed by atoms with Crippen LogP contribution in [0.15, 0.2) is 0 Å². The molecule has 0 amide bonds. The summed E-state index contributed by atoms with van der Waals surface area (Å²) in [4.78, 5) is 6.35. The Morgan fingerprint density at radius 3 is 1.35 bits per heavy atom. The van der Waals surface area contributed by atoms with Crippen LogP contribution >= 0.6 is 11.6 Å². The molecule has 2 nitrogen and oxygen atoms in total. The first kappa shape index (κ1) is 19.3. The molecule has 0 bridgehead atoms. The topological polar surface area (TPSA) is 26.3 Å². The summed E-state index contributed by atoms with van der Waals surface area (Å²) in [6, 6.07) is 0. The molecule has 0 rings (SSSR count). The number of hydrogen-bond acceptors (Lipinski definition) is 2. The summed E-state index contributed by atoms with van der Waals surface area (Å²) in [5.41, 5.74) is -2.47. The van der Waals surface area contributed by atoms with E-state index in [0.29, 0.717) is 0 Å². The van der Waals surface area contributed by atoms with Crippen LogP contribution in [-0.2, 0) is 9.53 Å². The van der Waals surface area contributed by atoms with Crippen LogP contribution in [0.2, 0.25) is 0 Å². The minimum atomic E-state index is -6.03. The number of carbonyl (C=O) groups excluding carboxylic acids is 1. The van der Waals surface area contributed by atoms with Crippen LogP contribution in [0.25, 0.3) is 0 Å². The molecule has 0 aliphatic heterocycles. The number of rotatable bonds is 2. The molecule has 0 aromatic heterocycles. The molecule has 0 spiro atoms. The minimum Gasteiger partial charge on any atom is -0.457 e. The van der Waals surface area contributed by atoms with E-state index >= 15 is 0 Å². The van der Waals surface area contributed by atoms with Crippen molar-refractivity contribution in [3.8, 4) is 0 Å². The lowest BCUT2D eigenvalue weighted by atomic mass is 9.79. The van der Waals surface area contributed by atoms with Crippen LogP contribution in [-0.4, -0.2) is 28.8 Å². The molecule has 0 atom stereocenters. The van der Waals surface area contributed by atoms with Gasteiger partial charge >= 0.3 is 23.2 Å². The van der Waals surface area contributed by atoms with Crippen LogP contribution in [0.1, 0.15) is 34.6 Å². The summed E-state index contributed by atoms with van der Waals surface area (Å²) in [5, 5.41) is 0. The molecule has 0 aliphatic rings. The van der Waals surface area contributed by atoms with Crippen molar-refractivity contribution in [2.45, 2.75) is 57.4 Å². The van der Waals surface area contributed by atoms with Gasteiger partial charge in [-0.3, -0.25) is 0 Å². The van der Waals surface area contributed by atoms with Crippen LogP contribution in [0, 0.1) is 5.41 Å². The Hall–Kier alpha value is -0.660. The first-order valence-electron chi connectivity index (χ1n) is 5.44. The number of alkyl halides is 7. The van der Waals surface area contributed by atoms with Crippen molar-refractivity contribution in [3.63, 3.8) is 0 Å². The van der Waals surface area contributed by atoms with Gasteiger partial charge in [0.15, 0.2) is 0 Å². The average Bonchev–Trinajstić information content (AvgIpc) is 2.09. The number of esters is 1. The molecule has 0 heterocycles. The molecule has 20 heavy (non-hydrogen) atoms. The van der Waals surface area contributed by atoms with E-state index in [1.165, 1.54) is 34.6 Å². The highest BCUT2D eigenvalue weighted by Gasteiger charge is 2.77. The second-order valence-electron chi connectivity index (χ2n) is 5.80. The number of ether oxygens (including phenoxy) is 1. The van der Waals surface area contributed by atoms with Gasteiger partial charge in [-0.1, -0.05) is 32.4 Å². The number of carbonyl (C=O) groups is 1. The highest BCUT2D eigenvalue weighted by molar-refractivity contribution is 6.35. The van der Waals surface area contributed by atoms with Gasteiger partial charge in [0.05, 0.1) is 0 Å². The Labute approximate surface area is 117 Å². The van der Waals surface area contributed by atoms with Crippen molar-refractivity contribution in [1.82, 2.24) is 0 Å². The van der Waals surface area contributed by atoms with E-state index in [1.807, 2.05) is 0 Å². The Morgan fingerprint density at radius 2 is 1.15 bits per heavy atom. The van der Waals surface area contributed by atoms with Crippen LogP contribution in [0.5, 0.6) is 0 Å². The lowest BCUT2D eigenvalue weighted by Crippen LogP contribution is -2.60. The predicted octanol–water partition coefficient (Wildman–Crippen LogP) is 4.46. The summed E-state index contributed by atoms with van der Waals surface area (Å²) in [7, 11) is 0. The molecule has 0 radical (unpaired) electrons. The fourth-order valence-electron chi connectivity index (χ4n) is 0.847. The standard InChI is InChI=1S/C11H15ClF6O2/c1-7(2,3)8(4,5)20-6(19)9(12,10(13,14)15)11(16,17)18/h1-5H3. The number of halogens is 7. The molecular weight excluding hydrogens is 314 g/mol. The zero-order chi connectivity index (χ0) is 16.8. The first-order valence-corrected chi connectivity index (χ1v) is 5.81. The van der Waals surface area contributed by atoms with E-state index in [0.717, 1.165) is 0 Å². The summed E-state index contributed by atoms with van der Waals surface area (Å²) < 4.78 is 79.8. The molecule has 9 heteroatoms. The second kappa shape index (κ2) is 4.96. The van der Waals surface area contributed by atoms with Crippen LogP contribution < -0.4 is 0 Å². The van der Waals surface area contributed by atoms with Crippen molar-refractivity contribution in [3.05, 3.63) is 0 Å². The van der Waals surface area contributed by atoms with Crippen LogP contribution in [0.4, 0.5) is 26.3 Å². The van der Waals surface area contributed by atoms with Gasteiger partial charge in [-0.25, -0.2) is 4.79 Å². The Bertz CT molecular complexity index is 364. The Balaban J connectivity index is 5.65. The smallest absolute Gasteiger partial charge is 0.427 e. The van der Waals surface area contributed by atoms with Crippen molar-refractivity contribution in [2.75, 3.05) is 0 Å². The highest BCUT2D eigenvalue weighted by Crippen LogP contribution is 2.50. The SMILES string of the molecule is CC(C)(C)C(C)(C)OC(=O)C(Cl)(C(F)(F)F)C(F)(F)F. The molecular formula is C11H15ClF6O2. The third kappa shape index (κ3) is 3.32. The maximum atomic E-state index is 12.6. The molecule has 0 aliphatic carbocycles. The highest BCUT2D eigenvalue weighted by atomic mass is 35.5. The maximum absolute atomic E-state index is 12.6. The summed E-state index contributed by atoms with van der Waals surface area (Å²) in [6.45, 7) is 6.90. The zero-order valence-electron chi connectivity index (χ0n) is 11.5. The number of hydrogen-bond donors (Lipinski definition) is 0. The second-order valence-corrected chi connectivity index (χ2v) is 6.37. The van der Waals surface area contributed by atoms with Gasteiger partial charge in [-0.2, -0.15) is 26.3 Å². The summed E-state index contributed by atoms with van der Waals surface area (Å²) >= 11 is 4.57. The fourth-order valence-corrected chi connectivity index (χ4v) is 0.886. The normalized spacial score (nSPS) is 15.2. The van der Waals surface area contributed by atoms with Crippen molar-refractivity contribution >= 4 is 17.6 Å². The van der Waals surface area contributed by atoms with Gasteiger partial charge < -0.3 is 4.74 Å². The molecule has 0 aromatic carbocycles. The largest absolute Gasteiger partial charge is 0.457 e. The van der Waals surface area contributed by atoms with E-state index in [4.69, 9.17) is 0 Å². The van der Waals surface area contributed by atoms with Gasteiger partial charge in [-0.05, 0) is 13.8 Å². The lowest BCUT2D eigenvalue weighted by molar-refractivity contribution is -0.273. The zero-order valence-corrected chi connectivity index (χ0v) is 12.2. The molecule has 0 aromatic rings. The van der Waals surface area contributed by atoms with Gasteiger partial charge in [0.2, 0.25) is 0 Å². The van der Waals surface area contributed by atoms with Crippen molar-refractivity contribution in [2.24, 2.45) is 5.41 Å². The third-order valence-corrected chi connectivity index (χ3v) is 3.80. The van der Waals surface area contributed by atoms with Crippen molar-refractivity contribution < 1.29 is 35.9 Å². The van der Waals surface area contributed by atoms with Gasteiger partial charge in [0.25, 0.3) is 0 Å². The van der Waals surface area contributed by atoms with E-state index in [2.05, 4.69) is 16.3 Å². The lowest BCUT2D eigenvalue weighted by Gasteiger charge is -2.40. The van der Waals surface area contributed by atoms with Gasteiger partial charge in [0, 0.05) is 5.41 Å². The summed E-state index contributed by atoms with van der Waals surface area (Å²) in [5.74, 6) is -2.58. The minimum absolute atomic E-state index is 0.891. The van der Waals surface area contributed by atoms with Crippen molar-refractivity contribution in [1.29, 1.82) is 0 Å². The molecule has 0 fully saturated rings.